The number of carbonyl (C=O) groups is 1. The van der Waals surface area contributed by atoms with Crippen LogP contribution in [0.25, 0.3) is 11.3 Å². The topological polar surface area (TPSA) is 70.4 Å². The van der Waals surface area contributed by atoms with Crippen LogP contribution in [-0.4, -0.2) is 42.3 Å². The zero-order valence-corrected chi connectivity index (χ0v) is 13.5. The van der Waals surface area contributed by atoms with E-state index in [1.54, 1.807) is 0 Å². The maximum absolute atomic E-state index is 12.7. The second-order valence-corrected chi connectivity index (χ2v) is 5.02. The summed E-state index contributed by atoms with van der Waals surface area (Å²) >= 11 is 0. The SMILES string of the molecule is COC(=O)c1cn(CC(F)F)nc(-c2ccccc2OCC(F)F)c1=O. The molecule has 0 unspecified atom stereocenters. The Balaban J connectivity index is 2.61. The van der Waals surface area contributed by atoms with E-state index >= 15 is 0 Å². The number of esters is 1. The van der Waals surface area contributed by atoms with E-state index in [0.29, 0.717) is 0 Å². The van der Waals surface area contributed by atoms with Gasteiger partial charge in [0.15, 0.2) is 0 Å². The molecule has 0 aliphatic rings. The third-order valence-corrected chi connectivity index (χ3v) is 3.20. The van der Waals surface area contributed by atoms with E-state index in [1.165, 1.54) is 24.3 Å². The van der Waals surface area contributed by atoms with E-state index < -0.39 is 48.7 Å². The molecule has 0 bridgehead atoms. The van der Waals surface area contributed by atoms with Crippen LogP contribution in [0.15, 0.2) is 35.3 Å². The van der Waals surface area contributed by atoms with Crippen LogP contribution >= 0.6 is 0 Å². The molecule has 0 aliphatic carbocycles. The summed E-state index contributed by atoms with van der Waals surface area (Å²) in [7, 11) is 1.03. The van der Waals surface area contributed by atoms with Crippen LogP contribution in [-0.2, 0) is 11.3 Å². The van der Waals surface area contributed by atoms with Crippen molar-refractivity contribution < 1.29 is 31.8 Å². The van der Waals surface area contributed by atoms with E-state index in [-0.39, 0.29) is 11.3 Å². The van der Waals surface area contributed by atoms with Crippen molar-refractivity contribution in [3.8, 4) is 17.0 Å². The Morgan fingerprint density at radius 1 is 1.19 bits per heavy atom. The van der Waals surface area contributed by atoms with Gasteiger partial charge in [-0.2, -0.15) is 5.10 Å². The minimum absolute atomic E-state index is 0.00748. The first kappa shape index (κ1) is 19.4. The first-order valence-corrected chi connectivity index (χ1v) is 7.32. The summed E-state index contributed by atoms with van der Waals surface area (Å²) in [5.41, 5.74) is -1.80. The number of ether oxygens (including phenoxy) is 2. The van der Waals surface area contributed by atoms with E-state index in [2.05, 4.69) is 9.84 Å². The summed E-state index contributed by atoms with van der Waals surface area (Å²) in [4.78, 5) is 24.3. The Morgan fingerprint density at radius 2 is 1.88 bits per heavy atom. The predicted molar refractivity (Wildman–Crippen MR) is 82.8 cm³/mol. The summed E-state index contributed by atoms with van der Waals surface area (Å²) in [5.74, 6) is -1.13. The number of alkyl halides is 4. The molecule has 140 valence electrons. The van der Waals surface area contributed by atoms with Gasteiger partial charge in [-0.15, -0.1) is 0 Å². The summed E-state index contributed by atoms with van der Waals surface area (Å²) in [6.07, 6.45) is -4.70. The quantitative estimate of drug-likeness (QED) is 0.550. The van der Waals surface area contributed by atoms with Crippen molar-refractivity contribution in [2.75, 3.05) is 13.7 Å². The molecule has 1 aromatic heterocycles. The maximum Gasteiger partial charge on any atom is 0.343 e. The van der Waals surface area contributed by atoms with Crippen LogP contribution in [0.4, 0.5) is 17.6 Å². The van der Waals surface area contributed by atoms with Crippen molar-refractivity contribution in [3.05, 3.63) is 46.2 Å². The van der Waals surface area contributed by atoms with Crippen LogP contribution in [0.1, 0.15) is 10.4 Å². The predicted octanol–water partition coefficient (Wildman–Crippen LogP) is 2.61. The summed E-state index contributed by atoms with van der Waals surface area (Å²) in [6, 6.07) is 5.62. The monoisotopic (exact) mass is 374 g/mol. The summed E-state index contributed by atoms with van der Waals surface area (Å²) < 4.78 is 60.4. The van der Waals surface area contributed by atoms with Crippen LogP contribution in [0, 0.1) is 0 Å². The molecule has 10 heteroatoms. The molecule has 0 N–H and O–H groups in total. The van der Waals surface area contributed by atoms with Crippen molar-refractivity contribution in [3.63, 3.8) is 0 Å². The molecule has 0 saturated heterocycles. The van der Waals surface area contributed by atoms with E-state index in [0.717, 1.165) is 18.0 Å². The second kappa shape index (κ2) is 8.45. The van der Waals surface area contributed by atoms with Crippen LogP contribution in [0.2, 0.25) is 0 Å². The lowest BCUT2D eigenvalue weighted by atomic mass is 10.1. The van der Waals surface area contributed by atoms with Crippen LogP contribution < -0.4 is 10.2 Å². The molecule has 6 nitrogen and oxygen atoms in total. The van der Waals surface area contributed by atoms with Gasteiger partial charge in [-0.05, 0) is 12.1 Å². The van der Waals surface area contributed by atoms with E-state index in [1.807, 2.05) is 0 Å². The van der Waals surface area contributed by atoms with Gasteiger partial charge in [-0.25, -0.2) is 22.4 Å². The Bertz CT molecular complexity index is 839. The highest BCUT2D eigenvalue weighted by Crippen LogP contribution is 2.27. The Kier molecular flexibility index (Phi) is 6.31. The Labute approximate surface area is 145 Å². The van der Waals surface area contributed by atoms with Crippen LogP contribution in [0.5, 0.6) is 5.75 Å². The fraction of sp³-hybridized carbons (Fsp3) is 0.312. The van der Waals surface area contributed by atoms with Crippen molar-refractivity contribution in [2.24, 2.45) is 0 Å². The number of hydrogen-bond acceptors (Lipinski definition) is 5. The molecule has 0 radical (unpaired) electrons. The molecule has 0 saturated carbocycles. The molecule has 26 heavy (non-hydrogen) atoms. The fourth-order valence-corrected chi connectivity index (χ4v) is 2.15. The highest BCUT2D eigenvalue weighted by molar-refractivity contribution is 5.90. The van der Waals surface area contributed by atoms with Gasteiger partial charge in [0, 0.05) is 11.8 Å². The highest BCUT2D eigenvalue weighted by atomic mass is 19.3. The van der Waals surface area contributed by atoms with Gasteiger partial charge < -0.3 is 9.47 Å². The average Bonchev–Trinajstić information content (AvgIpc) is 2.60. The smallest absolute Gasteiger partial charge is 0.343 e. The van der Waals surface area contributed by atoms with Gasteiger partial charge in [0.2, 0.25) is 5.43 Å². The standard InChI is InChI=1S/C16H14F4N2O4/c1-25-16(24)10-6-22(7-12(17)18)21-14(15(10)23)9-4-2-3-5-11(9)26-8-13(19)20/h2-6,12-13H,7-8H2,1H3. The molecule has 1 aromatic carbocycles. The number of halogens is 4. The molecule has 0 amide bonds. The van der Waals surface area contributed by atoms with Crippen molar-refractivity contribution >= 4 is 5.97 Å². The fourth-order valence-electron chi connectivity index (χ4n) is 2.15. The third kappa shape index (κ3) is 4.58. The molecule has 0 aliphatic heterocycles. The number of benzene rings is 1. The molecule has 0 fully saturated rings. The lowest BCUT2D eigenvalue weighted by Crippen LogP contribution is -2.25. The second-order valence-electron chi connectivity index (χ2n) is 5.02. The van der Waals surface area contributed by atoms with Gasteiger partial charge in [-0.1, -0.05) is 12.1 Å². The van der Waals surface area contributed by atoms with Crippen molar-refractivity contribution in [1.29, 1.82) is 0 Å². The zero-order valence-electron chi connectivity index (χ0n) is 13.5. The van der Waals surface area contributed by atoms with E-state index in [9.17, 15) is 27.2 Å². The molecule has 2 rings (SSSR count). The molecule has 0 spiro atoms. The summed E-state index contributed by atoms with van der Waals surface area (Å²) in [6.45, 7) is -1.81. The normalized spacial score (nSPS) is 11.0. The van der Waals surface area contributed by atoms with Gasteiger partial charge >= 0.3 is 5.97 Å². The Hall–Kier alpha value is -2.91. The number of hydrogen-bond donors (Lipinski definition) is 0. The lowest BCUT2D eigenvalue weighted by Gasteiger charge is -2.13. The van der Waals surface area contributed by atoms with E-state index in [4.69, 9.17) is 4.74 Å². The lowest BCUT2D eigenvalue weighted by molar-refractivity contribution is 0.0595. The Morgan fingerprint density at radius 3 is 2.50 bits per heavy atom. The van der Waals surface area contributed by atoms with Crippen molar-refractivity contribution in [2.45, 2.75) is 19.4 Å². The molecule has 0 atom stereocenters. The number of para-hydroxylation sites is 1. The molecule has 1 heterocycles. The number of methoxy groups -OCH3 is 1. The third-order valence-electron chi connectivity index (χ3n) is 3.20. The molecule has 2 aromatic rings. The maximum atomic E-state index is 12.7. The zero-order chi connectivity index (χ0) is 19.3. The first-order chi connectivity index (χ1) is 12.3. The number of carbonyl (C=O) groups excluding carboxylic acids is 1. The van der Waals surface area contributed by atoms with Gasteiger partial charge in [-0.3, -0.25) is 9.48 Å². The highest BCUT2D eigenvalue weighted by Gasteiger charge is 2.21. The van der Waals surface area contributed by atoms with Gasteiger partial charge in [0.1, 0.15) is 30.2 Å². The minimum atomic E-state index is -2.80. The largest absolute Gasteiger partial charge is 0.487 e. The summed E-state index contributed by atoms with van der Waals surface area (Å²) in [5, 5.41) is 3.80. The number of nitrogens with zero attached hydrogens (tertiary/aromatic N) is 2. The molecular weight excluding hydrogens is 360 g/mol. The van der Waals surface area contributed by atoms with Gasteiger partial charge in [0.25, 0.3) is 12.9 Å². The number of rotatable bonds is 7. The van der Waals surface area contributed by atoms with Crippen molar-refractivity contribution in [1.82, 2.24) is 9.78 Å². The minimum Gasteiger partial charge on any atom is -0.487 e. The van der Waals surface area contributed by atoms with Gasteiger partial charge in [0.05, 0.1) is 7.11 Å². The average molecular weight is 374 g/mol. The first-order valence-electron chi connectivity index (χ1n) is 7.32. The van der Waals surface area contributed by atoms with Crippen LogP contribution in [0.3, 0.4) is 0 Å². The number of aromatic nitrogens is 2. The molecular formula is C16H14F4N2O4.